The topological polar surface area (TPSA) is 93.1 Å². The zero-order valence-corrected chi connectivity index (χ0v) is 21.4. The van der Waals surface area contributed by atoms with Crippen LogP contribution in [0.1, 0.15) is 49.4 Å². The van der Waals surface area contributed by atoms with E-state index in [0.29, 0.717) is 30.6 Å². The molecule has 2 aromatic carbocycles. The minimum Gasteiger partial charge on any atom is -0.436 e. The fourth-order valence-corrected chi connectivity index (χ4v) is 4.82. The van der Waals surface area contributed by atoms with E-state index in [2.05, 4.69) is 46.2 Å². The number of hydrogen-bond donors (Lipinski definition) is 2. The lowest BCUT2D eigenvalue weighted by Gasteiger charge is -2.32. The molecule has 200 valence electrons. The van der Waals surface area contributed by atoms with Gasteiger partial charge in [0.1, 0.15) is 11.2 Å². The number of fused-ring (bicyclic) bond motifs is 1. The Kier molecular flexibility index (Phi) is 7.25. The largest absolute Gasteiger partial charge is 0.436 e. The number of nitrogens with two attached hydrogens (primary N) is 1. The van der Waals surface area contributed by atoms with Gasteiger partial charge in [-0.1, -0.05) is 26.0 Å². The molecule has 1 aliphatic rings. The highest BCUT2D eigenvalue weighted by Gasteiger charge is 2.33. The van der Waals surface area contributed by atoms with E-state index in [9.17, 15) is 13.2 Å². The van der Waals surface area contributed by atoms with Crippen molar-refractivity contribution in [2.24, 2.45) is 5.92 Å². The number of nitrogens with zero attached hydrogens (tertiary/aromatic N) is 4. The molecular weight excluding hydrogens is 493 g/mol. The molecule has 38 heavy (non-hydrogen) atoms. The maximum atomic E-state index is 13.0. The average molecular weight is 525 g/mol. The van der Waals surface area contributed by atoms with E-state index in [1.165, 1.54) is 6.20 Å². The predicted molar refractivity (Wildman–Crippen MR) is 142 cm³/mol. The lowest BCUT2D eigenvalue weighted by Crippen LogP contribution is -2.38. The van der Waals surface area contributed by atoms with Crippen molar-refractivity contribution in [3.8, 4) is 11.5 Å². The van der Waals surface area contributed by atoms with Gasteiger partial charge in [-0.05, 0) is 67.1 Å². The number of anilines is 2. The van der Waals surface area contributed by atoms with Gasteiger partial charge in [-0.3, -0.25) is 0 Å². The number of piperidine rings is 1. The van der Waals surface area contributed by atoms with E-state index in [1.807, 2.05) is 29.2 Å². The van der Waals surface area contributed by atoms with Crippen LogP contribution in [0.5, 0.6) is 0 Å². The smallest absolute Gasteiger partial charge is 0.433 e. The monoisotopic (exact) mass is 524 g/mol. The van der Waals surface area contributed by atoms with Crippen LogP contribution in [0.25, 0.3) is 22.6 Å². The molecule has 1 saturated heterocycles. The molecule has 7 nitrogen and oxygen atoms in total. The van der Waals surface area contributed by atoms with Gasteiger partial charge in [0.2, 0.25) is 11.8 Å². The number of halogens is 3. The fourth-order valence-electron chi connectivity index (χ4n) is 4.82. The number of oxazole rings is 1. The predicted octanol–water partition coefficient (Wildman–Crippen LogP) is 6.02. The first-order chi connectivity index (χ1) is 18.2. The summed E-state index contributed by atoms with van der Waals surface area (Å²) in [7, 11) is 0. The molecule has 3 heterocycles. The van der Waals surface area contributed by atoms with Gasteiger partial charge in [0.25, 0.3) is 0 Å². The Labute approximate surface area is 219 Å². The molecule has 0 aliphatic carbocycles. The van der Waals surface area contributed by atoms with Crippen LogP contribution in [0.3, 0.4) is 0 Å². The van der Waals surface area contributed by atoms with Gasteiger partial charge in [-0.15, -0.1) is 0 Å². The number of nitrogens with one attached hydrogen (secondary N) is 1. The van der Waals surface area contributed by atoms with E-state index in [4.69, 9.17) is 10.2 Å². The normalized spacial score (nSPS) is 15.1. The molecule has 1 aliphatic heterocycles. The quantitative estimate of drug-likeness (QED) is 0.286. The second-order valence-corrected chi connectivity index (χ2v) is 10.1. The average Bonchev–Trinajstić information content (AvgIpc) is 3.32. The van der Waals surface area contributed by atoms with E-state index in [1.54, 1.807) is 0 Å². The highest BCUT2D eigenvalue weighted by atomic mass is 19.4. The molecular formula is C28H31F3N6O. The third kappa shape index (κ3) is 5.75. The van der Waals surface area contributed by atoms with E-state index in [-0.39, 0.29) is 11.9 Å². The molecule has 0 saturated carbocycles. The van der Waals surface area contributed by atoms with Crippen LogP contribution in [-0.4, -0.2) is 34.6 Å². The van der Waals surface area contributed by atoms with Crippen LogP contribution in [0, 0.1) is 5.92 Å². The molecule has 0 unspecified atom stereocenters. The van der Waals surface area contributed by atoms with Crippen molar-refractivity contribution in [3.63, 3.8) is 0 Å². The highest BCUT2D eigenvalue weighted by Crippen LogP contribution is 2.32. The summed E-state index contributed by atoms with van der Waals surface area (Å²) in [5.41, 5.74) is 10.5. The third-order valence-electron chi connectivity index (χ3n) is 6.96. The van der Waals surface area contributed by atoms with Crippen molar-refractivity contribution in [3.05, 3.63) is 65.5 Å². The Bertz CT molecular complexity index is 1390. The summed E-state index contributed by atoms with van der Waals surface area (Å²) in [6.45, 7) is 7.04. The zero-order chi connectivity index (χ0) is 26.9. The minimum absolute atomic E-state index is 0.147. The van der Waals surface area contributed by atoms with Crippen molar-refractivity contribution < 1.29 is 17.6 Å². The molecule has 0 spiro atoms. The summed E-state index contributed by atoms with van der Waals surface area (Å²) in [4.78, 5) is 14.2. The van der Waals surface area contributed by atoms with E-state index >= 15 is 0 Å². The summed E-state index contributed by atoms with van der Waals surface area (Å²) in [6.07, 6.45) is -1.56. The summed E-state index contributed by atoms with van der Waals surface area (Å²) >= 11 is 0. The fraction of sp³-hybridized carbons (Fsp3) is 0.393. The van der Waals surface area contributed by atoms with Gasteiger partial charge < -0.3 is 20.4 Å². The molecule has 2 aromatic heterocycles. The Morgan fingerprint density at radius 2 is 1.82 bits per heavy atom. The first kappa shape index (κ1) is 26.0. The molecule has 3 N–H and O–H groups in total. The lowest BCUT2D eigenvalue weighted by molar-refractivity contribution is -0.141. The van der Waals surface area contributed by atoms with Crippen molar-refractivity contribution in [1.82, 2.24) is 20.3 Å². The van der Waals surface area contributed by atoms with E-state index < -0.39 is 11.9 Å². The van der Waals surface area contributed by atoms with Crippen molar-refractivity contribution in [2.45, 2.75) is 45.3 Å². The number of aromatic nitrogens is 3. The SMILES string of the molecule is CC(C)c1cc(N)cc2nc(-c3ccc(CNCC4CCN(c5nccc(C(F)(F)F)n5)CC4)cc3)oc12. The van der Waals surface area contributed by atoms with Crippen molar-refractivity contribution >= 4 is 22.7 Å². The van der Waals surface area contributed by atoms with Crippen LogP contribution in [0.15, 0.2) is 53.1 Å². The summed E-state index contributed by atoms with van der Waals surface area (Å²) in [6, 6.07) is 12.8. The number of hydrogen-bond acceptors (Lipinski definition) is 7. The Hall–Kier alpha value is -3.66. The Morgan fingerprint density at radius 3 is 2.50 bits per heavy atom. The lowest BCUT2D eigenvalue weighted by atomic mass is 9.97. The maximum Gasteiger partial charge on any atom is 0.433 e. The van der Waals surface area contributed by atoms with Gasteiger partial charge in [0.05, 0.1) is 0 Å². The maximum absolute atomic E-state index is 13.0. The summed E-state index contributed by atoms with van der Waals surface area (Å²) in [5, 5.41) is 3.51. The molecule has 0 atom stereocenters. The molecule has 4 aromatic rings. The van der Waals surface area contributed by atoms with Gasteiger partial charge >= 0.3 is 6.18 Å². The second kappa shape index (κ2) is 10.6. The number of alkyl halides is 3. The van der Waals surface area contributed by atoms with Gasteiger partial charge in [0, 0.05) is 42.6 Å². The van der Waals surface area contributed by atoms with Crippen LogP contribution < -0.4 is 16.0 Å². The van der Waals surface area contributed by atoms with Crippen molar-refractivity contribution in [2.75, 3.05) is 30.3 Å². The molecule has 0 amide bonds. The van der Waals surface area contributed by atoms with Crippen LogP contribution in [0.4, 0.5) is 24.8 Å². The molecule has 1 fully saturated rings. The molecule has 10 heteroatoms. The third-order valence-corrected chi connectivity index (χ3v) is 6.96. The zero-order valence-electron chi connectivity index (χ0n) is 21.4. The van der Waals surface area contributed by atoms with Crippen LogP contribution in [-0.2, 0) is 12.7 Å². The Morgan fingerprint density at radius 1 is 1.08 bits per heavy atom. The minimum atomic E-state index is -4.47. The number of rotatable bonds is 7. The number of nitrogen functional groups attached to an aromatic ring is 1. The van der Waals surface area contributed by atoms with Crippen LogP contribution >= 0.6 is 0 Å². The first-order valence-electron chi connectivity index (χ1n) is 12.8. The molecule has 5 rings (SSSR count). The van der Waals surface area contributed by atoms with Gasteiger partial charge in [0.15, 0.2) is 5.58 Å². The second-order valence-electron chi connectivity index (χ2n) is 10.1. The van der Waals surface area contributed by atoms with Crippen LogP contribution in [0.2, 0.25) is 0 Å². The van der Waals surface area contributed by atoms with Gasteiger partial charge in [-0.2, -0.15) is 13.2 Å². The van der Waals surface area contributed by atoms with E-state index in [0.717, 1.165) is 59.8 Å². The van der Waals surface area contributed by atoms with Crippen molar-refractivity contribution in [1.29, 1.82) is 0 Å². The summed E-state index contributed by atoms with van der Waals surface area (Å²) < 4.78 is 45.0. The van der Waals surface area contributed by atoms with Gasteiger partial charge in [-0.25, -0.2) is 15.0 Å². The molecule has 0 bridgehead atoms. The summed E-state index contributed by atoms with van der Waals surface area (Å²) in [5.74, 6) is 1.44. The number of benzene rings is 2. The first-order valence-corrected chi connectivity index (χ1v) is 12.8. The molecule has 0 radical (unpaired) electrons. The highest BCUT2D eigenvalue weighted by molar-refractivity contribution is 5.83. The Balaban J connectivity index is 1.13. The standard InChI is InChI=1S/C28H31F3N6O/c1-17(2)22-13-21(32)14-23-25(22)38-26(35-23)20-5-3-18(4-6-20)15-33-16-19-8-11-37(12-9-19)27-34-10-7-24(36-27)28(29,30)31/h3-7,10,13-14,17,19,33H,8-9,11-12,15-16,32H2,1-2H3.